The smallest absolute Gasteiger partial charge is 0.266 e. The van der Waals surface area contributed by atoms with Crippen LogP contribution >= 0.6 is 0 Å². The van der Waals surface area contributed by atoms with E-state index in [4.69, 9.17) is 9.47 Å². The van der Waals surface area contributed by atoms with E-state index in [-0.39, 0.29) is 5.57 Å². The predicted octanol–water partition coefficient (Wildman–Crippen LogP) is 5.44. The summed E-state index contributed by atoms with van der Waals surface area (Å²) in [7, 11) is 1.56. The van der Waals surface area contributed by atoms with Gasteiger partial charge < -0.3 is 14.8 Å². The fourth-order valence-electron chi connectivity index (χ4n) is 3.24. The molecule has 5 heteroatoms. The molecule has 0 radical (unpaired) electrons. The van der Waals surface area contributed by atoms with Gasteiger partial charge in [-0.3, -0.25) is 4.79 Å². The zero-order valence-corrected chi connectivity index (χ0v) is 17.8. The van der Waals surface area contributed by atoms with Gasteiger partial charge in [0.2, 0.25) is 0 Å². The fourth-order valence-corrected chi connectivity index (χ4v) is 3.24. The molecule has 0 unspecified atom stereocenters. The van der Waals surface area contributed by atoms with E-state index in [1.165, 1.54) is 17.2 Å². The van der Waals surface area contributed by atoms with Crippen molar-refractivity contribution in [1.82, 2.24) is 0 Å². The fraction of sp³-hybridized carbons (Fsp3) is 0.154. The molecule has 0 aliphatic heterocycles. The summed E-state index contributed by atoms with van der Waals surface area (Å²) in [5.41, 5.74) is 4.73. The zero-order chi connectivity index (χ0) is 22.2. The SMILES string of the molecule is COc1cc(/C=C(\C#N)C(=O)Nc2ccccc2)ccc1OCc1cc(C)cc(C)c1. The maximum Gasteiger partial charge on any atom is 0.266 e. The van der Waals surface area contributed by atoms with Crippen molar-refractivity contribution in [2.24, 2.45) is 0 Å². The number of anilines is 1. The Labute approximate surface area is 182 Å². The number of amides is 1. The van der Waals surface area contributed by atoms with E-state index in [2.05, 4.69) is 37.4 Å². The highest BCUT2D eigenvalue weighted by Crippen LogP contribution is 2.30. The third-order valence-corrected chi connectivity index (χ3v) is 4.57. The van der Waals surface area contributed by atoms with E-state index in [1.54, 1.807) is 37.4 Å². The summed E-state index contributed by atoms with van der Waals surface area (Å²) in [6.45, 7) is 4.52. The molecule has 156 valence electrons. The maximum atomic E-state index is 12.4. The van der Waals surface area contributed by atoms with E-state index in [1.807, 2.05) is 24.3 Å². The van der Waals surface area contributed by atoms with Crippen molar-refractivity contribution in [2.75, 3.05) is 12.4 Å². The van der Waals surface area contributed by atoms with Gasteiger partial charge in [0.1, 0.15) is 18.2 Å². The van der Waals surface area contributed by atoms with Gasteiger partial charge in [0.05, 0.1) is 7.11 Å². The summed E-state index contributed by atoms with van der Waals surface area (Å²) in [5, 5.41) is 12.2. The van der Waals surface area contributed by atoms with Crippen LogP contribution in [0.4, 0.5) is 5.69 Å². The number of aryl methyl sites for hydroxylation is 2. The van der Waals surface area contributed by atoms with Crippen LogP contribution in [-0.2, 0) is 11.4 Å². The third kappa shape index (κ3) is 5.97. The molecule has 5 nitrogen and oxygen atoms in total. The van der Waals surface area contributed by atoms with Crippen LogP contribution in [-0.4, -0.2) is 13.0 Å². The number of hydrogen-bond acceptors (Lipinski definition) is 4. The predicted molar refractivity (Wildman–Crippen MR) is 122 cm³/mol. The highest BCUT2D eigenvalue weighted by atomic mass is 16.5. The summed E-state index contributed by atoms with van der Waals surface area (Å²) in [4.78, 5) is 12.4. The molecule has 0 aliphatic rings. The molecule has 0 aliphatic carbocycles. The van der Waals surface area contributed by atoms with Crippen LogP contribution < -0.4 is 14.8 Å². The Morgan fingerprint density at radius 2 is 1.71 bits per heavy atom. The number of nitrogens with zero attached hydrogens (tertiary/aromatic N) is 1. The first-order valence-electron chi connectivity index (χ1n) is 9.84. The second-order valence-corrected chi connectivity index (χ2v) is 7.18. The second-order valence-electron chi connectivity index (χ2n) is 7.18. The van der Waals surface area contributed by atoms with Crippen molar-refractivity contribution >= 4 is 17.7 Å². The Morgan fingerprint density at radius 3 is 2.35 bits per heavy atom. The minimum atomic E-state index is -0.470. The van der Waals surface area contributed by atoms with Crippen molar-refractivity contribution < 1.29 is 14.3 Å². The van der Waals surface area contributed by atoms with Crippen LogP contribution in [0.5, 0.6) is 11.5 Å². The van der Waals surface area contributed by atoms with Gasteiger partial charge in [0, 0.05) is 5.69 Å². The molecule has 1 amide bonds. The molecule has 1 N–H and O–H groups in total. The number of nitriles is 1. The number of carbonyl (C=O) groups is 1. The number of hydrogen-bond donors (Lipinski definition) is 1. The number of nitrogens with one attached hydrogen (secondary N) is 1. The van der Waals surface area contributed by atoms with Crippen LogP contribution in [0.2, 0.25) is 0 Å². The van der Waals surface area contributed by atoms with Gasteiger partial charge in [-0.15, -0.1) is 0 Å². The minimum absolute atomic E-state index is 0.00481. The molecule has 31 heavy (non-hydrogen) atoms. The molecule has 3 aromatic rings. The molecule has 0 saturated carbocycles. The molecule has 0 heterocycles. The van der Waals surface area contributed by atoms with Crippen LogP contribution in [0.1, 0.15) is 22.3 Å². The van der Waals surface area contributed by atoms with Crippen molar-refractivity contribution in [3.63, 3.8) is 0 Å². The lowest BCUT2D eigenvalue weighted by Gasteiger charge is -2.12. The van der Waals surface area contributed by atoms with Crippen LogP contribution in [0.25, 0.3) is 6.08 Å². The van der Waals surface area contributed by atoms with Gasteiger partial charge in [-0.25, -0.2) is 0 Å². The lowest BCUT2D eigenvalue weighted by Crippen LogP contribution is -2.13. The lowest BCUT2D eigenvalue weighted by molar-refractivity contribution is -0.112. The number of ether oxygens (including phenoxy) is 2. The number of para-hydroxylation sites is 1. The first kappa shape index (κ1) is 21.7. The minimum Gasteiger partial charge on any atom is -0.493 e. The Hall–Kier alpha value is -4.04. The van der Waals surface area contributed by atoms with Gasteiger partial charge in [-0.05, 0) is 55.3 Å². The number of carbonyl (C=O) groups excluding carboxylic acids is 1. The first-order chi connectivity index (χ1) is 15.0. The molecule has 0 atom stereocenters. The topological polar surface area (TPSA) is 71.3 Å². The van der Waals surface area contributed by atoms with E-state index in [0.717, 1.165) is 5.56 Å². The average molecular weight is 412 g/mol. The Morgan fingerprint density at radius 1 is 1.00 bits per heavy atom. The Balaban J connectivity index is 1.76. The van der Waals surface area contributed by atoms with Crippen LogP contribution in [0.3, 0.4) is 0 Å². The van der Waals surface area contributed by atoms with Crippen LogP contribution in [0, 0.1) is 25.2 Å². The summed E-state index contributed by atoms with van der Waals surface area (Å²) in [5.74, 6) is 0.646. The Bertz CT molecular complexity index is 1120. The molecule has 0 spiro atoms. The molecular formula is C26H24N2O3. The summed E-state index contributed by atoms with van der Waals surface area (Å²) >= 11 is 0. The van der Waals surface area contributed by atoms with Gasteiger partial charge in [-0.2, -0.15) is 5.26 Å². The lowest BCUT2D eigenvalue weighted by atomic mass is 10.1. The summed E-state index contributed by atoms with van der Waals surface area (Å²) in [6.07, 6.45) is 1.52. The first-order valence-corrected chi connectivity index (χ1v) is 9.84. The summed E-state index contributed by atoms with van der Waals surface area (Å²) in [6, 6.07) is 22.5. The van der Waals surface area contributed by atoms with E-state index >= 15 is 0 Å². The van der Waals surface area contributed by atoms with Gasteiger partial charge in [-0.1, -0.05) is 53.6 Å². The summed E-state index contributed by atoms with van der Waals surface area (Å²) < 4.78 is 11.4. The van der Waals surface area contributed by atoms with Crippen molar-refractivity contribution in [3.05, 3.63) is 94.6 Å². The maximum absolute atomic E-state index is 12.4. The number of benzene rings is 3. The van der Waals surface area contributed by atoms with Crippen molar-refractivity contribution in [2.45, 2.75) is 20.5 Å². The second kappa shape index (κ2) is 10.1. The highest BCUT2D eigenvalue weighted by Gasteiger charge is 2.11. The van der Waals surface area contributed by atoms with Crippen molar-refractivity contribution in [1.29, 1.82) is 5.26 Å². The van der Waals surface area contributed by atoms with Gasteiger partial charge in [0.25, 0.3) is 5.91 Å². The zero-order valence-electron chi connectivity index (χ0n) is 17.8. The molecule has 0 fully saturated rings. The molecule has 3 aromatic carbocycles. The van der Waals surface area contributed by atoms with Gasteiger partial charge >= 0.3 is 0 Å². The van der Waals surface area contributed by atoms with E-state index in [9.17, 15) is 10.1 Å². The normalized spacial score (nSPS) is 10.8. The number of rotatable bonds is 7. The quantitative estimate of drug-likeness (QED) is 0.414. The molecule has 0 saturated heterocycles. The largest absolute Gasteiger partial charge is 0.493 e. The van der Waals surface area contributed by atoms with Gasteiger partial charge in [0.15, 0.2) is 11.5 Å². The molecule has 3 rings (SSSR count). The highest BCUT2D eigenvalue weighted by molar-refractivity contribution is 6.09. The Kier molecular flexibility index (Phi) is 7.08. The average Bonchev–Trinajstić information content (AvgIpc) is 2.76. The van der Waals surface area contributed by atoms with E-state index in [0.29, 0.717) is 29.4 Å². The molecule has 0 bridgehead atoms. The van der Waals surface area contributed by atoms with Crippen molar-refractivity contribution in [3.8, 4) is 17.6 Å². The van der Waals surface area contributed by atoms with Crippen LogP contribution in [0.15, 0.2) is 72.3 Å². The third-order valence-electron chi connectivity index (χ3n) is 4.57. The van der Waals surface area contributed by atoms with E-state index < -0.39 is 5.91 Å². The molecular weight excluding hydrogens is 388 g/mol. The standard InChI is InChI=1S/C26H24N2O3/c1-18-11-19(2)13-21(12-18)17-31-24-10-9-20(15-25(24)30-3)14-22(16-27)26(29)28-23-7-5-4-6-8-23/h4-15H,17H2,1-3H3,(H,28,29)/b22-14+. The number of methoxy groups -OCH3 is 1. The molecule has 0 aromatic heterocycles. The monoisotopic (exact) mass is 412 g/mol.